The molecule has 1 fully saturated rings. The van der Waals surface area contributed by atoms with Crippen molar-refractivity contribution in [3.63, 3.8) is 0 Å². The molecule has 0 amide bonds. The minimum atomic E-state index is -0.303. The van der Waals surface area contributed by atoms with Gasteiger partial charge in [0.25, 0.3) is 0 Å². The summed E-state index contributed by atoms with van der Waals surface area (Å²) < 4.78 is 0. The van der Waals surface area contributed by atoms with Crippen LogP contribution in [-0.2, 0) is 6.54 Å². The summed E-state index contributed by atoms with van der Waals surface area (Å²) in [6, 6.07) is 6.97. The molecule has 0 aromatic heterocycles. The van der Waals surface area contributed by atoms with Crippen LogP contribution in [0.4, 0.5) is 0 Å². The quantitative estimate of drug-likeness (QED) is 0.739. The lowest BCUT2D eigenvalue weighted by Crippen LogP contribution is -2.37. The summed E-state index contributed by atoms with van der Waals surface area (Å²) >= 11 is 0. The number of hydrogen-bond donors (Lipinski definition) is 3. The summed E-state index contributed by atoms with van der Waals surface area (Å²) in [7, 11) is 0. The molecule has 2 atom stereocenters. The van der Waals surface area contributed by atoms with Crippen molar-refractivity contribution in [2.75, 3.05) is 6.54 Å². The number of nitrogens with one attached hydrogen (secondary N) is 2. The van der Waals surface area contributed by atoms with Gasteiger partial charge in [-0.15, -0.1) is 0 Å². The van der Waals surface area contributed by atoms with E-state index in [-0.39, 0.29) is 6.23 Å². The summed E-state index contributed by atoms with van der Waals surface area (Å²) in [5.74, 6) is 0. The predicted molar refractivity (Wildman–Crippen MR) is 69.8 cm³/mol. The molecule has 3 nitrogen and oxygen atoms in total. The average Bonchev–Trinajstić information content (AvgIpc) is 2.68. The van der Waals surface area contributed by atoms with Crippen molar-refractivity contribution in [1.29, 1.82) is 0 Å². The summed E-state index contributed by atoms with van der Waals surface area (Å²) in [5, 5.41) is 16.0. The third-order valence-corrected chi connectivity index (χ3v) is 3.42. The number of aliphatic hydroxyl groups is 1. The first kappa shape index (κ1) is 12.6. The van der Waals surface area contributed by atoms with E-state index < -0.39 is 0 Å². The molecule has 1 aromatic rings. The van der Waals surface area contributed by atoms with Crippen LogP contribution in [-0.4, -0.2) is 23.9 Å². The van der Waals surface area contributed by atoms with Crippen molar-refractivity contribution in [1.82, 2.24) is 10.6 Å². The zero-order valence-electron chi connectivity index (χ0n) is 10.7. The topological polar surface area (TPSA) is 44.3 Å². The molecule has 0 spiro atoms. The lowest BCUT2D eigenvalue weighted by atomic mass is 10.1. The fourth-order valence-electron chi connectivity index (χ4n) is 2.38. The summed E-state index contributed by atoms with van der Waals surface area (Å²) in [5.41, 5.74) is 4.01. The highest BCUT2D eigenvalue weighted by molar-refractivity contribution is 5.30. The van der Waals surface area contributed by atoms with Gasteiger partial charge in [-0.3, -0.25) is 5.32 Å². The molecule has 3 heteroatoms. The maximum atomic E-state index is 9.35. The molecule has 94 valence electrons. The van der Waals surface area contributed by atoms with Crippen LogP contribution >= 0.6 is 0 Å². The highest BCUT2D eigenvalue weighted by atomic mass is 16.3. The third-order valence-electron chi connectivity index (χ3n) is 3.42. The molecular weight excluding hydrogens is 212 g/mol. The van der Waals surface area contributed by atoms with Crippen molar-refractivity contribution < 1.29 is 5.11 Å². The van der Waals surface area contributed by atoms with Gasteiger partial charge >= 0.3 is 0 Å². The second-order valence-corrected chi connectivity index (χ2v) is 5.02. The Bertz CT molecular complexity index is 378. The van der Waals surface area contributed by atoms with Crippen LogP contribution in [0.2, 0.25) is 0 Å². The van der Waals surface area contributed by atoms with Gasteiger partial charge in [0.2, 0.25) is 0 Å². The first-order chi connectivity index (χ1) is 8.15. The Labute approximate surface area is 103 Å². The fourth-order valence-corrected chi connectivity index (χ4v) is 2.38. The SMILES string of the molecule is Cc1ccc(CNC[C@H]2CCC(O)N2)c(C)c1. The van der Waals surface area contributed by atoms with Gasteiger partial charge in [0.15, 0.2) is 0 Å². The Kier molecular flexibility index (Phi) is 4.15. The van der Waals surface area contributed by atoms with Crippen LogP contribution < -0.4 is 10.6 Å². The summed E-state index contributed by atoms with van der Waals surface area (Å²) in [6.45, 7) is 6.10. The molecule has 1 aliphatic rings. The van der Waals surface area contributed by atoms with E-state index in [4.69, 9.17) is 0 Å². The van der Waals surface area contributed by atoms with E-state index in [2.05, 4.69) is 42.7 Å². The number of aliphatic hydroxyl groups excluding tert-OH is 1. The van der Waals surface area contributed by atoms with Gasteiger partial charge in [-0.1, -0.05) is 23.8 Å². The van der Waals surface area contributed by atoms with Gasteiger partial charge < -0.3 is 10.4 Å². The zero-order chi connectivity index (χ0) is 12.3. The van der Waals surface area contributed by atoms with E-state index in [1.807, 2.05) is 0 Å². The van der Waals surface area contributed by atoms with Gasteiger partial charge in [0.05, 0.1) is 0 Å². The molecule has 1 unspecified atom stereocenters. The highest BCUT2D eigenvalue weighted by Crippen LogP contribution is 2.11. The molecule has 0 bridgehead atoms. The Balaban J connectivity index is 1.78. The minimum Gasteiger partial charge on any atom is -0.379 e. The molecule has 1 heterocycles. The maximum Gasteiger partial charge on any atom is 0.105 e. The van der Waals surface area contributed by atoms with Gasteiger partial charge in [0.1, 0.15) is 6.23 Å². The van der Waals surface area contributed by atoms with Crippen LogP contribution in [0.5, 0.6) is 0 Å². The molecule has 1 aromatic carbocycles. The third kappa shape index (κ3) is 3.53. The van der Waals surface area contributed by atoms with Gasteiger partial charge in [-0.2, -0.15) is 0 Å². The summed E-state index contributed by atoms with van der Waals surface area (Å²) in [4.78, 5) is 0. The van der Waals surface area contributed by atoms with E-state index in [1.165, 1.54) is 16.7 Å². The Hall–Kier alpha value is -0.900. The zero-order valence-corrected chi connectivity index (χ0v) is 10.7. The molecule has 3 N–H and O–H groups in total. The van der Waals surface area contributed by atoms with Gasteiger partial charge in [-0.05, 0) is 37.8 Å². The number of benzene rings is 1. The predicted octanol–water partition coefficient (Wildman–Crippen LogP) is 1.46. The molecule has 1 saturated heterocycles. The van der Waals surface area contributed by atoms with Crippen LogP contribution in [0.3, 0.4) is 0 Å². The fraction of sp³-hybridized carbons (Fsp3) is 0.571. The van der Waals surface area contributed by atoms with Crippen molar-refractivity contribution in [3.8, 4) is 0 Å². The molecule has 0 aliphatic carbocycles. The molecule has 0 radical (unpaired) electrons. The number of hydrogen-bond acceptors (Lipinski definition) is 3. The van der Waals surface area contributed by atoms with Crippen LogP contribution in [0.15, 0.2) is 18.2 Å². The van der Waals surface area contributed by atoms with Gasteiger partial charge in [0, 0.05) is 19.1 Å². The van der Waals surface area contributed by atoms with Crippen LogP contribution in [0.1, 0.15) is 29.5 Å². The second-order valence-electron chi connectivity index (χ2n) is 5.02. The normalized spacial score (nSPS) is 24.2. The highest BCUT2D eigenvalue weighted by Gasteiger charge is 2.20. The molecule has 2 rings (SSSR count). The average molecular weight is 234 g/mol. The molecule has 0 saturated carbocycles. The van der Waals surface area contributed by atoms with E-state index in [9.17, 15) is 5.11 Å². The van der Waals surface area contributed by atoms with Crippen LogP contribution in [0.25, 0.3) is 0 Å². The smallest absolute Gasteiger partial charge is 0.105 e. The lowest BCUT2D eigenvalue weighted by Gasteiger charge is -2.13. The van der Waals surface area contributed by atoms with Crippen molar-refractivity contribution >= 4 is 0 Å². The largest absolute Gasteiger partial charge is 0.379 e. The Morgan fingerprint density at radius 1 is 1.35 bits per heavy atom. The van der Waals surface area contributed by atoms with Gasteiger partial charge in [-0.25, -0.2) is 0 Å². The van der Waals surface area contributed by atoms with Crippen molar-refractivity contribution in [2.45, 2.75) is 45.5 Å². The van der Waals surface area contributed by atoms with Crippen LogP contribution in [0, 0.1) is 13.8 Å². The molecular formula is C14H22N2O. The Morgan fingerprint density at radius 2 is 2.18 bits per heavy atom. The second kappa shape index (κ2) is 5.63. The number of aryl methyl sites for hydroxylation is 2. The van der Waals surface area contributed by atoms with Crippen molar-refractivity contribution in [3.05, 3.63) is 34.9 Å². The minimum absolute atomic E-state index is 0.303. The summed E-state index contributed by atoms with van der Waals surface area (Å²) in [6.07, 6.45) is 1.62. The standard InChI is InChI=1S/C14H22N2O/c1-10-3-4-12(11(2)7-10)8-15-9-13-5-6-14(17)16-13/h3-4,7,13-17H,5-6,8-9H2,1-2H3/t13-,14?/m1/s1. The monoisotopic (exact) mass is 234 g/mol. The van der Waals surface area contributed by atoms with E-state index in [0.29, 0.717) is 6.04 Å². The Morgan fingerprint density at radius 3 is 2.82 bits per heavy atom. The maximum absolute atomic E-state index is 9.35. The van der Waals surface area contributed by atoms with E-state index in [1.54, 1.807) is 0 Å². The first-order valence-electron chi connectivity index (χ1n) is 6.36. The van der Waals surface area contributed by atoms with E-state index >= 15 is 0 Å². The van der Waals surface area contributed by atoms with E-state index in [0.717, 1.165) is 25.9 Å². The van der Waals surface area contributed by atoms with Crippen molar-refractivity contribution in [2.24, 2.45) is 0 Å². The molecule has 1 aliphatic heterocycles. The lowest BCUT2D eigenvalue weighted by molar-refractivity contribution is 0.154. The number of rotatable bonds is 4. The first-order valence-corrected chi connectivity index (χ1v) is 6.36. The molecule has 17 heavy (non-hydrogen) atoms.